The maximum atomic E-state index is 12.2. The molecule has 7 nitrogen and oxygen atoms in total. The predicted octanol–water partition coefficient (Wildman–Crippen LogP) is 0.828. The van der Waals surface area contributed by atoms with Crippen molar-refractivity contribution in [2.45, 2.75) is 18.9 Å². The molecule has 1 saturated heterocycles. The topological polar surface area (TPSA) is 113 Å². The number of hydrogen-bond acceptors (Lipinski definition) is 6. The second kappa shape index (κ2) is 5.69. The van der Waals surface area contributed by atoms with Gasteiger partial charge in [0.05, 0.1) is 5.69 Å². The molecule has 2 aromatic rings. The predicted molar refractivity (Wildman–Crippen MR) is 82.8 cm³/mol. The number of nitrogen functional groups attached to an aromatic ring is 1. The molecule has 1 unspecified atom stereocenters. The molecule has 0 aliphatic carbocycles. The minimum Gasteiger partial charge on any atom is -0.508 e. The van der Waals surface area contributed by atoms with Crippen molar-refractivity contribution in [2.75, 3.05) is 18.8 Å². The summed E-state index contributed by atoms with van der Waals surface area (Å²) in [6.45, 7) is 1.63. The number of nitrogens with two attached hydrogens (primary N) is 1. The number of nitrogens with one attached hydrogen (secondary N) is 1. The zero-order valence-corrected chi connectivity index (χ0v) is 12.0. The molecule has 116 valence electrons. The van der Waals surface area contributed by atoms with Crippen LogP contribution in [0.25, 0.3) is 11.3 Å². The quantitative estimate of drug-likeness (QED) is 0.611. The summed E-state index contributed by atoms with van der Waals surface area (Å²) in [4.78, 5) is 16.3. The molecule has 7 heteroatoms. The average Bonchev–Trinajstić information content (AvgIpc) is 2.53. The fraction of sp³-hybridized carbons (Fsp3) is 0.333. The molecular weight excluding hydrogens is 284 g/mol. The van der Waals surface area contributed by atoms with Crippen LogP contribution in [0, 0.1) is 0 Å². The summed E-state index contributed by atoms with van der Waals surface area (Å²) in [5.74, 6) is -0.146. The molecule has 0 bridgehead atoms. The number of hydrogen-bond donors (Lipinski definition) is 4. The Morgan fingerprint density at radius 3 is 2.91 bits per heavy atom. The normalized spacial score (nSPS) is 18.3. The number of nitrogens with zero attached hydrogens (tertiary/aromatic N) is 2. The maximum absolute atomic E-state index is 12.2. The first kappa shape index (κ1) is 14.4. The smallest absolute Gasteiger partial charge is 0.293 e. The van der Waals surface area contributed by atoms with E-state index in [1.807, 2.05) is 0 Å². The van der Waals surface area contributed by atoms with Gasteiger partial charge in [-0.3, -0.25) is 4.79 Å². The monoisotopic (exact) mass is 302 g/mol. The summed E-state index contributed by atoms with van der Waals surface area (Å²) in [6.07, 6.45) is 3.44. The van der Waals surface area contributed by atoms with Gasteiger partial charge in [-0.05, 0) is 37.6 Å². The average molecular weight is 302 g/mol. The second-order valence-electron chi connectivity index (χ2n) is 5.43. The highest BCUT2D eigenvalue weighted by atomic mass is 16.3. The summed E-state index contributed by atoms with van der Waals surface area (Å²) < 4.78 is 1.56. The standard InChI is InChI=1S/C15H18N4O3/c16-14-15(22)19(9-2-1-5-17-7-9)8-12(18-14)11-6-10(20)3-4-13(11)21/h3-4,6,8-9,17,20-21H,1-2,5,7H2,(H2,16,18). The van der Waals surface area contributed by atoms with Gasteiger partial charge in [-0.15, -0.1) is 0 Å². The fourth-order valence-corrected chi connectivity index (χ4v) is 2.73. The van der Waals surface area contributed by atoms with Crippen LogP contribution in [0.3, 0.4) is 0 Å². The number of phenols is 2. The van der Waals surface area contributed by atoms with Gasteiger partial charge in [0, 0.05) is 24.3 Å². The van der Waals surface area contributed by atoms with Crippen molar-refractivity contribution in [2.24, 2.45) is 0 Å². The van der Waals surface area contributed by atoms with Crippen LogP contribution < -0.4 is 16.6 Å². The van der Waals surface area contributed by atoms with Gasteiger partial charge >= 0.3 is 0 Å². The Labute approximate surface area is 127 Å². The van der Waals surface area contributed by atoms with Crippen LogP contribution in [-0.2, 0) is 0 Å². The van der Waals surface area contributed by atoms with Gasteiger partial charge in [0.2, 0.25) is 0 Å². The lowest BCUT2D eigenvalue weighted by Gasteiger charge is -2.25. The van der Waals surface area contributed by atoms with Gasteiger partial charge in [0.1, 0.15) is 11.5 Å². The third-order valence-corrected chi connectivity index (χ3v) is 3.88. The molecule has 0 amide bonds. The van der Waals surface area contributed by atoms with Crippen molar-refractivity contribution >= 4 is 5.82 Å². The molecule has 5 N–H and O–H groups in total. The van der Waals surface area contributed by atoms with Gasteiger partial charge in [-0.1, -0.05) is 0 Å². The third-order valence-electron chi connectivity index (χ3n) is 3.88. The zero-order chi connectivity index (χ0) is 15.7. The Morgan fingerprint density at radius 1 is 1.36 bits per heavy atom. The zero-order valence-electron chi connectivity index (χ0n) is 12.0. The molecule has 22 heavy (non-hydrogen) atoms. The molecule has 1 fully saturated rings. The van der Waals surface area contributed by atoms with Crippen molar-refractivity contribution in [3.63, 3.8) is 0 Å². The van der Waals surface area contributed by atoms with Crippen LogP contribution >= 0.6 is 0 Å². The fourth-order valence-electron chi connectivity index (χ4n) is 2.73. The summed E-state index contributed by atoms with van der Waals surface area (Å²) in [5.41, 5.74) is 6.10. The van der Waals surface area contributed by atoms with Crippen LogP contribution in [0.1, 0.15) is 18.9 Å². The molecular formula is C15H18N4O3. The first-order chi connectivity index (χ1) is 10.6. The Balaban J connectivity index is 2.11. The Hall–Kier alpha value is -2.54. The van der Waals surface area contributed by atoms with E-state index in [2.05, 4.69) is 10.3 Å². The van der Waals surface area contributed by atoms with E-state index in [1.165, 1.54) is 18.2 Å². The number of piperidine rings is 1. The summed E-state index contributed by atoms with van der Waals surface area (Å²) in [7, 11) is 0. The lowest BCUT2D eigenvalue weighted by atomic mass is 10.1. The van der Waals surface area contributed by atoms with Gasteiger partial charge in [-0.25, -0.2) is 4.98 Å². The third kappa shape index (κ3) is 2.62. The van der Waals surface area contributed by atoms with Crippen LogP contribution in [0.2, 0.25) is 0 Å². The number of anilines is 1. The molecule has 1 aromatic heterocycles. The maximum Gasteiger partial charge on any atom is 0.293 e. The SMILES string of the molecule is Nc1nc(-c2cc(O)ccc2O)cn(C2CCCNC2)c1=O. The summed E-state index contributed by atoms with van der Waals surface area (Å²) >= 11 is 0. The van der Waals surface area contributed by atoms with E-state index < -0.39 is 0 Å². The highest BCUT2D eigenvalue weighted by molar-refractivity contribution is 5.68. The largest absolute Gasteiger partial charge is 0.508 e. The lowest BCUT2D eigenvalue weighted by Crippen LogP contribution is -2.37. The van der Waals surface area contributed by atoms with Gasteiger partial charge < -0.3 is 25.8 Å². The van der Waals surface area contributed by atoms with E-state index in [-0.39, 0.29) is 28.9 Å². The van der Waals surface area contributed by atoms with Gasteiger partial charge in [0.25, 0.3) is 5.56 Å². The second-order valence-corrected chi connectivity index (χ2v) is 5.43. The number of aromatic hydroxyl groups is 2. The molecule has 1 aromatic carbocycles. The van der Waals surface area contributed by atoms with Crippen LogP contribution in [-0.4, -0.2) is 32.9 Å². The van der Waals surface area contributed by atoms with Crippen LogP contribution in [0.5, 0.6) is 11.5 Å². The molecule has 0 spiro atoms. The van der Waals surface area contributed by atoms with Crippen molar-refractivity contribution < 1.29 is 10.2 Å². The van der Waals surface area contributed by atoms with Crippen molar-refractivity contribution in [3.05, 3.63) is 34.7 Å². The Morgan fingerprint density at radius 2 is 2.18 bits per heavy atom. The van der Waals surface area contributed by atoms with E-state index in [1.54, 1.807) is 10.8 Å². The van der Waals surface area contributed by atoms with E-state index in [9.17, 15) is 15.0 Å². The minimum atomic E-state index is -0.336. The first-order valence-corrected chi connectivity index (χ1v) is 7.18. The molecule has 2 heterocycles. The van der Waals surface area contributed by atoms with E-state index in [0.717, 1.165) is 19.4 Å². The van der Waals surface area contributed by atoms with E-state index in [4.69, 9.17) is 5.73 Å². The Bertz CT molecular complexity index is 751. The first-order valence-electron chi connectivity index (χ1n) is 7.18. The van der Waals surface area contributed by atoms with Crippen LogP contribution in [0.4, 0.5) is 5.82 Å². The summed E-state index contributed by atoms with van der Waals surface area (Å²) in [6, 6.07) is 4.15. The minimum absolute atomic E-state index is 0.00440. The van der Waals surface area contributed by atoms with Crippen molar-refractivity contribution in [1.82, 2.24) is 14.9 Å². The lowest BCUT2D eigenvalue weighted by molar-refractivity contribution is 0.364. The number of benzene rings is 1. The highest BCUT2D eigenvalue weighted by Gasteiger charge is 2.19. The number of phenolic OH excluding ortho intramolecular Hbond substituents is 2. The Kier molecular flexibility index (Phi) is 3.72. The summed E-state index contributed by atoms with van der Waals surface area (Å²) in [5, 5.41) is 22.8. The van der Waals surface area contributed by atoms with Crippen molar-refractivity contribution in [1.29, 1.82) is 0 Å². The van der Waals surface area contributed by atoms with Gasteiger partial charge in [0.15, 0.2) is 5.82 Å². The van der Waals surface area contributed by atoms with Crippen molar-refractivity contribution in [3.8, 4) is 22.8 Å². The molecule has 3 rings (SSSR count). The highest BCUT2D eigenvalue weighted by Crippen LogP contribution is 2.31. The van der Waals surface area contributed by atoms with Crippen LogP contribution in [0.15, 0.2) is 29.2 Å². The molecule has 1 atom stereocenters. The van der Waals surface area contributed by atoms with Gasteiger partial charge in [-0.2, -0.15) is 0 Å². The number of aromatic nitrogens is 2. The number of rotatable bonds is 2. The van der Waals surface area contributed by atoms with E-state index in [0.29, 0.717) is 17.8 Å². The molecule has 1 aliphatic heterocycles. The molecule has 0 saturated carbocycles. The molecule has 1 aliphatic rings. The van der Waals surface area contributed by atoms with E-state index >= 15 is 0 Å². The molecule has 0 radical (unpaired) electrons.